The van der Waals surface area contributed by atoms with E-state index in [0.717, 1.165) is 42.4 Å². The minimum Gasteiger partial charge on any atom is -0.329 e. The summed E-state index contributed by atoms with van der Waals surface area (Å²) in [5.74, 6) is 0. The summed E-state index contributed by atoms with van der Waals surface area (Å²) in [6.45, 7) is 2.99. The van der Waals surface area contributed by atoms with Gasteiger partial charge in [0, 0.05) is 37.3 Å². The Morgan fingerprint density at radius 3 is 2.83 bits per heavy atom. The molecule has 1 aromatic heterocycles. The summed E-state index contributed by atoms with van der Waals surface area (Å²) in [5.41, 5.74) is 9.56. The normalized spacial score (nSPS) is 18.3. The first-order chi connectivity index (χ1) is 11.7. The van der Waals surface area contributed by atoms with E-state index in [4.69, 9.17) is 5.73 Å². The largest absolute Gasteiger partial charge is 0.329 e. The second-order valence-corrected chi connectivity index (χ2v) is 6.59. The minimum absolute atomic E-state index is 0.0434. The number of rotatable bonds is 3. The SMILES string of the molecule is NC1CCN(Cc2cccc(-c3ccc4c(=O)[nH]ccc4c3)c2)C1. The summed E-state index contributed by atoms with van der Waals surface area (Å²) < 4.78 is 0. The van der Waals surface area contributed by atoms with Gasteiger partial charge in [0.25, 0.3) is 5.56 Å². The molecule has 122 valence electrons. The van der Waals surface area contributed by atoms with Gasteiger partial charge in [-0.3, -0.25) is 9.69 Å². The van der Waals surface area contributed by atoms with E-state index in [9.17, 15) is 4.79 Å². The highest BCUT2D eigenvalue weighted by Gasteiger charge is 2.18. The highest BCUT2D eigenvalue weighted by molar-refractivity contribution is 5.86. The lowest BCUT2D eigenvalue weighted by Crippen LogP contribution is -2.26. The van der Waals surface area contributed by atoms with E-state index in [1.54, 1.807) is 6.20 Å². The molecule has 0 spiro atoms. The van der Waals surface area contributed by atoms with Crippen LogP contribution in [0.3, 0.4) is 0 Å². The number of benzene rings is 2. The monoisotopic (exact) mass is 319 g/mol. The Labute approximate surface area is 140 Å². The highest BCUT2D eigenvalue weighted by Crippen LogP contribution is 2.24. The Hall–Kier alpha value is -2.43. The van der Waals surface area contributed by atoms with E-state index in [1.807, 2.05) is 18.2 Å². The summed E-state index contributed by atoms with van der Waals surface area (Å²) >= 11 is 0. The number of nitrogens with one attached hydrogen (secondary N) is 1. The van der Waals surface area contributed by atoms with Gasteiger partial charge < -0.3 is 10.7 Å². The van der Waals surface area contributed by atoms with E-state index in [0.29, 0.717) is 6.04 Å². The number of nitrogens with two attached hydrogens (primary N) is 1. The Balaban J connectivity index is 1.64. The molecule has 1 atom stereocenters. The standard InChI is InChI=1S/C20H21N3O/c21-18-7-9-23(13-18)12-14-2-1-3-15(10-14)16-4-5-19-17(11-16)6-8-22-20(19)24/h1-6,8,10-11,18H,7,9,12-13,21H2,(H,22,24). The van der Waals surface area contributed by atoms with Crippen LogP contribution in [-0.4, -0.2) is 29.0 Å². The van der Waals surface area contributed by atoms with Gasteiger partial charge >= 0.3 is 0 Å². The summed E-state index contributed by atoms with van der Waals surface area (Å²) in [6, 6.07) is 16.9. The smallest absolute Gasteiger partial charge is 0.255 e. The first kappa shape index (κ1) is 15.1. The molecule has 1 unspecified atom stereocenters. The van der Waals surface area contributed by atoms with Crippen molar-refractivity contribution in [3.8, 4) is 11.1 Å². The molecule has 3 N–H and O–H groups in total. The molecule has 2 aromatic carbocycles. The van der Waals surface area contributed by atoms with E-state index in [1.165, 1.54) is 11.1 Å². The van der Waals surface area contributed by atoms with Gasteiger partial charge in [0.05, 0.1) is 0 Å². The lowest BCUT2D eigenvalue weighted by molar-refractivity contribution is 0.327. The Morgan fingerprint density at radius 2 is 2.00 bits per heavy atom. The average molecular weight is 319 g/mol. The third-order valence-corrected chi connectivity index (χ3v) is 4.75. The molecule has 24 heavy (non-hydrogen) atoms. The number of aromatic nitrogens is 1. The predicted octanol–water partition coefficient (Wildman–Crippen LogP) is 2.73. The topological polar surface area (TPSA) is 62.1 Å². The number of aromatic amines is 1. The molecule has 1 saturated heterocycles. The molecule has 0 saturated carbocycles. The molecular formula is C20H21N3O. The molecule has 4 heteroatoms. The Kier molecular flexibility index (Phi) is 3.92. The molecule has 4 nitrogen and oxygen atoms in total. The van der Waals surface area contributed by atoms with Crippen molar-refractivity contribution in [2.45, 2.75) is 19.0 Å². The van der Waals surface area contributed by atoms with E-state index in [-0.39, 0.29) is 5.56 Å². The first-order valence-corrected chi connectivity index (χ1v) is 8.38. The summed E-state index contributed by atoms with van der Waals surface area (Å²) in [7, 11) is 0. The van der Waals surface area contributed by atoms with Crippen molar-refractivity contribution in [2.24, 2.45) is 5.73 Å². The molecule has 2 heterocycles. The fourth-order valence-corrected chi connectivity index (χ4v) is 3.49. The third kappa shape index (κ3) is 2.98. The number of likely N-dealkylation sites (tertiary alicyclic amines) is 1. The van der Waals surface area contributed by atoms with E-state index < -0.39 is 0 Å². The number of hydrogen-bond acceptors (Lipinski definition) is 3. The molecule has 0 radical (unpaired) electrons. The minimum atomic E-state index is -0.0434. The zero-order valence-electron chi connectivity index (χ0n) is 13.5. The molecule has 0 aliphatic carbocycles. The van der Waals surface area contributed by atoms with Crippen molar-refractivity contribution in [3.63, 3.8) is 0 Å². The van der Waals surface area contributed by atoms with Crippen LogP contribution in [0.25, 0.3) is 21.9 Å². The van der Waals surface area contributed by atoms with Crippen molar-refractivity contribution in [2.75, 3.05) is 13.1 Å². The summed E-state index contributed by atoms with van der Waals surface area (Å²) in [4.78, 5) is 17.0. The van der Waals surface area contributed by atoms with Crippen LogP contribution in [0.15, 0.2) is 59.5 Å². The van der Waals surface area contributed by atoms with Crippen molar-refractivity contribution in [1.82, 2.24) is 9.88 Å². The Morgan fingerprint density at radius 1 is 1.12 bits per heavy atom. The van der Waals surface area contributed by atoms with Gasteiger partial charge in [0.1, 0.15) is 0 Å². The molecule has 1 aliphatic rings. The second kappa shape index (κ2) is 6.23. The summed E-state index contributed by atoms with van der Waals surface area (Å²) in [5, 5.41) is 1.69. The first-order valence-electron chi connectivity index (χ1n) is 8.38. The molecular weight excluding hydrogens is 298 g/mol. The van der Waals surface area contributed by atoms with Gasteiger partial charge in [-0.25, -0.2) is 0 Å². The lowest BCUT2D eigenvalue weighted by atomic mass is 10.0. The van der Waals surface area contributed by atoms with E-state index in [2.05, 4.69) is 40.2 Å². The number of nitrogens with zero attached hydrogens (tertiary/aromatic N) is 1. The number of fused-ring (bicyclic) bond motifs is 1. The van der Waals surface area contributed by atoms with Crippen molar-refractivity contribution < 1.29 is 0 Å². The summed E-state index contributed by atoms with van der Waals surface area (Å²) in [6.07, 6.45) is 2.78. The predicted molar refractivity (Wildman–Crippen MR) is 97.9 cm³/mol. The van der Waals surface area contributed by atoms with Crippen LogP contribution in [0.2, 0.25) is 0 Å². The van der Waals surface area contributed by atoms with Gasteiger partial charge in [-0.1, -0.05) is 24.3 Å². The fraction of sp³-hybridized carbons (Fsp3) is 0.250. The molecule has 4 rings (SSSR count). The van der Waals surface area contributed by atoms with Gasteiger partial charge in [0.2, 0.25) is 0 Å². The van der Waals surface area contributed by atoms with Crippen LogP contribution in [0.5, 0.6) is 0 Å². The zero-order chi connectivity index (χ0) is 16.5. The van der Waals surface area contributed by atoms with Crippen LogP contribution < -0.4 is 11.3 Å². The van der Waals surface area contributed by atoms with Gasteiger partial charge in [-0.2, -0.15) is 0 Å². The van der Waals surface area contributed by atoms with Crippen LogP contribution >= 0.6 is 0 Å². The maximum atomic E-state index is 11.8. The fourth-order valence-electron chi connectivity index (χ4n) is 3.49. The van der Waals surface area contributed by atoms with Crippen molar-refractivity contribution >= 4 is 10.8 Å². The maximum Gasteiger partial charge on any atom is 0.255 e. The zero-order valence-corrected chi connectivity index (χ0v) is 13.5. The second-order valence-electron chi connectivity index (χ2n) is 6.59. The van der Waals surface area contributed by atoms with Crippen molar-refractivity contribution in [1.29, 1.82) is 0 Å². The van der Waals surface area contributed by atoms with Gasteiger partial charge in [-0.15, -0.1) is 0 Å². The average Bonchev–Trinajstić information content (AvgIpc) is 3.00. The van der Waals surface area contributed by atoms with Gasteiger partial charge in [0.15, 0.2) is 0 Å². The highest BCUT2D eigenvalue weighted by atomic mass is 16.1. The third-order valence-electron chi connectivity index (χ3n) is 4.75. The number of hydrogen-bond donors (Lipinski definition) is 2. The van der Waals surface area contributed by atoms with Crippen molar-refractivity contribution in [3.05, 3.63) is 70.6 Å². The molecule has 1 aliphatic heterocycles. The molecule has 0 bridgehead atoms. The Bertz CT molecular complexity index is 931. The van der Waals surface area contributed by atoms with Crippen LogP contribution in [0, 0.1) is 0 Å². The van der Waals surface area contributed by atoms with Crippen LogP contribution in [-0.2, 0) is 6.54 Å². The van der Waals surface area contributed by atoms with E-state index >= 15 is 0 Å². The molecule has 0 amide bonds. The number of H-pyrrole nitrogens is 1. The maximum absolute atomic E-state index is 11.8. The molecule has 1 fully saturated rings. The van der Waals surface area contributed by atoms with Gasteiger partial charge in [-0.05, 0) is 52.8 Å². The van der Waals surface area contributed by atoms with Crippen LogP contribution in [0.1, 0.15) is 12.0 Å². The quantitative estimate of drug-likeness (QED) is 0.780. The lowest BCUT2D eigenvalue weighted by Gasteiger charge is -2.16. The molecule has 3 aromatic rings. The van der Waals surface area contributed by atoms with Crippen LogP contribution in [0.4, 0.5) is 0 Å². The number of pyridine rings is 1.